The van der Waals surface area contributed by atoms with Crippen LogP contribution in [0.2, 0.25) is 0 Å². The van der Waals surface area contributed by atoms with Gasteiger partial charge >= 0.3 is 12.1 Å². The lowest BCUT2D eigenvalue weighted by molar-refractivity contribution is -0.144. The molecule has 0 heterocycles. The molecule has 0 saturated heterocycles. The molecule has 0 unspecified atom stereocenters. The Hall–Kier alpha value is -3.02. The Balaban J connectivity index is 1.52. The van der Waals surface area contributed by atoms with Gasteiger partial charge in [-0.1, -0.05) is 36.4 Å². The van der Waals surface area contributed by atoms with Gasteiger partial charge in [0.2, 0.25) is 0 Å². The monoisotopic (exact) mass is 329 g/mol. The fraction of sp³-hybridized carbons (Fsp3) is 0.222. The van der Waals surface area contributed by atoms with Crippen LogP contribution in [0, 0.1) is 0 Å². The summed E-state index contributed by atoms with van der Waals surface area (Å²) in [6, 6.07) is 18.0. The predicted molar refractivity (Wildman–Crippen MR) is 87.7 cm³/mol. The van der Waals surface area contributed by atoms with Crippen molar-refractivity contribution in [3.63, 3.8) is 0 Å². The lowest BCUT2D eigenvalue weighted by atomic mass is 10.3. The summed E-state index contributed by atoms with van der Waals surface area (Å²) in [5.74, 6) is 0.766. The summed E-state index contributed by atoms with van der Waals surface area (Å²) >= 11 is 0. The van der Waals surface area contributed by atoms with Crippen molar-refractivity contribution < 1.29 is 23.8 Å². The zero-order chi connectivity index (χ0) is 17.0. The molecule has 0 aliphatic carbocycles. The smallest absolute Gasteiger partial charge is 0.415 e. The Bertz CT molecular complexity index is 630. The van der Waals surface area contributed by atoms with Crippen molar-refractivity contribution in [2.24, 2.45) is 0 Å². The van der Waals surface area contributed by atoms with Gasteiger partial charge in [-0.3, -0.25) is 10.1 Å². The first-order valence-electron chi connectivity index (χ1n) is 7.58. The van der Waals surface area contributed by atoms with Crippen LogP contribution in [0.15, 0.2) is 60.7 Å². The molecule has 0 aliphatic rings. The molecule has 1 N–H and O–H groups in total. The molecule has 24 heavy (non-hydrogen) atoms. The van der Waals surface area contributed by atoms with Crippen LogP contribution in [0.5, 0.6) is 11.5 Å². The van der Waals surface area contributed by atoms with Crippen molar-refractivity contribution in [1.29, 1.82) is 0 Å². The van der Waals surface area contributed by atoms with E-state index in [-0.39, 0.29) is 13.2 Å². The van der Waals surface area contributed by atoms with Gasteiger partial charge in [0, 0.05) is 6.42 Å². The standard InChI is InChI=1S/C18H19NO5/c20-17(12-7-13-22-15-8-3-1-4-9-15)23-14-19-18(21)24-16-10-5-2-6-11-16/h1-6,8-11H,7,12-14H2,(H,19,21). The second-order valence-corrected chi connectivity index (χ2v) is 4.81. The number of carbonyl (C=O) groups excluding carboxylic acids is 2. The summed E-state index contributed by atoms with van der Waals surface area (Å²) in [4.78, 5) is 23.0. The summed E-state index contributed by atoms with van der Waals surface area (Å²) in [6.07, 6.45) is 0.0613. The highest BCUT2D eigenvalue weighted by molar-refractivity contribution is 5.71. The fourth-order valence-electron chi connectivity index (χ4n) is 1.80. The molecule has 6 heteroatoms. The number of para-hydroxylation sites is 2. The molecule has 0 bridgehead atoms. The molecule has 6 nitrogen and oxygen atoms in total. The lowest BCUT2D eigenvalue weighted by Gasteiger charge is -2.08. The molecule has 2 aromatic carbocycles. The van der Waals surface area contributed by atoms with Crippen LogP contribution in [0.1, 0.15) is 12.8 Å². The Morgan fingerprint density at radius 1 is 0.875 bits per heavy atom. The van der Waals surface area contributed by atoms with Gasteiger partial charge in [-0.15, -0.1) is 0 Å². The Kier molecular flexibility index (Phi) is 7.14. The fourth-order valence-corrected chi connectivity index (χ4v) is 1.80. The van der Waals surface area contributed by atoms with E-state index in [0.29, 0.717) is 18.8 Å². The number of hydrogen-bond donors (Lipinski definition) is 1. The number of esters is 1. The third-order valence-corrected chi connectivity index (χ3v) is 2.94. The molecular weight excluding hydrogens is 310 g/mol. The van der Waals surface area contributed by atoms with E-state index in [2.05, 4.69) is 5.32 Å². The van der Waals surface area contributed by atoms with Gasteiger partial charge in [-0.2, -0.15) is 0 Å². The molecule has 0 radical (unpaired) electrons. The van der Waals surface area contributed by atoms with Crippen molar-refractivity contribution in [3.8, 4) is 11.5 Å². The second kappa shape index (κ2) is 9.89. The van der Waals surface area contributed by atoms with Crippen LogP contribution in [-0.4, -0.2) is 25.4 Å². The maximum Gasteiger partial charge on any atom is 0.415 e. The van der Waals surface area contributed by atoms with Gasteiger partial charge in [0.05, 0.1) is 6.61 Å². The summed E-state index contributed by atoms with van der Waals surface area (Å²) in [6.45, 7) is 0.187. The largest absolute Gasteiger partial charge is 0.494 e. The number of rotatable bonds is 8. The van der Waals surface area contributed by atoms with Gasteiger partial charge in [0.1, 0.15) is 11.5 Å². The number of amides is 1. The van der Waals surface area contributed by atoms with Gasteiger partial charge in [0.25, 0.3) is 0 Å². The highest BCUT2D eigenvalue weighted by Gasteiger charge is 2.06. The van der Waals surface area contributed by atoms with Crippen LogP contribution in [0.25, 0.3) is 0 Å². The zero-order valence-electron chi connectivity index (χ0n) is 13.1. The SMILES string of the molecule is O=C(CCCOc1ccccc1)OCNC(=O)Oc1ccccc1. The predicted octanol–water partition coefficient (Wildman–Crippen LogP) is 3.13. The first-order valence-corrected chi connectivity index (χ1v) is 7.58. The molecule has 2 rings (SSSR count). The Morgan fingerprint density at radius 3 is 2.17 bits per heavy atom. The van der Waals surface area contributed by atoms with E-state index in [9.17, 15) is 9.59 Å². The van der Waals surface area contributed by atoms with Crippen LogP contribution < -0.4 is 14.8 Å². The summed E-state index contributed by atoms with van der Waals surface area (Å²) < 4.78 is 15.3. The molecule has 126 valence electrons. The zero-order valence-corrected chi connectivity index (χ0v) is 13.1. The molecule has 2 aromatic rings. The Labute approximate surface area is 140 Å². The molecular formula is C18H19NO5. The van der Waals surface area contributed by atoms with E-state index in [1.165, 1.54) is 0 Å². The topological polar surface area (TPSA) is 73.9 Å². The molecule has 0 aromatic heterocycles. The molecule has 1 amide bonds. The maximum absolute atomic E-state index is 11.5. The van der Waals surface area contributed by atoms with Crippen molar-refractivity contribution in [2.45, 2.75) is 12.8 Å². The third kappa shape index (κ3) is 6.83. The number of nitrogens with one attached hydrogen (secondary N) is 1. The number of hydrogen-bond acceptors (Lipinski definition) is 5. The number of carbonyl (C=O) groups is 2. The highest BCUT2D eigenvalue weighted by atomic mass is 16.6. The van der Waals surface area contributed by atoms with E-state index in [0.717, 1.165) is 5.75 Å². The van der Waals surface area contributed by atoms with Crippen LogP contribution in [0.3, 0.4) is 0 Å². The van der Waals surface area contributed by atoms with Gasteiger partial charge in [-0.05, 0) is 30.7 Å². The van der Waals surface area contributed by atoms with Crippen LogP contribution in [-0.2, 0) is 9.53 Å². The summed E-state index contributed by atoms with van der Waals surface area (Å²) in [5.41, 5.74) is 0. The van der Waals surface area contributed by atoms with Gasteiger partial charge < -0.3 is 14.2 Å². The van der Waals surface area contributed by atoms with E-state index in [1.807, 2.05) is 36.4 Å². The van der Waals surface area contributed by atoms with Crippen molar-refractivity contribution in [2.75, 3.05) is 13.3 Å². The summed E-state index contributed by atoms with van der Waals surface area (Å²) in [7, 11) is 0. The highest BCUT2D eigenvalue weighted by Crippen LogP contribution is 2.09. The van der Waals surface area contributed by atoms with Crippen molar-refractivity contribution >= 4 is 12.1 Å². The number of ether oxygens (including phenoxy) is 3. The Morgan fingerprint density at radius 2 is 1.50 bits per heavy atom. The van der Waals surface area contributed by atoms with Crippen molar-refractivity contribution in [1.82, 2.24) is 5.32 Å². The first kappa shape index (κ1) is 17.3. The molecule has 0 fully saturated rings. The molecule has 0 atom stereocenters. The van der Waals surface area contributed by atoms with Gasteiger partial charge in [-0.25, -0.2) is 4.79 Å². The molecule has 0 aliphatic heterocycles. The third-order valence-electron chi connectivity index (χ3n) is 2.94. The average Bonchev–Trinajstić information content (AvgIpc) is 2.60. The van der Waals surface area contributed by atoms with E-state index >= 15 is 0 Å². The maximum atomic E-state index is 11.5. The number of benzene rings is 2. The first-order chi connectivity index (χ1) is 11.7. The molecule has 0 saturated carbocycles. The van der Waals surface area contributed by atoms with E-state index in [1.54, 1.807) is 24.3 Å². The minimum absolute atomic E-state index is 0.211. The average molecular weight is 329 g/mol. The minimum Gasteiger partial charge on any atom is -0.494 e. The van der Waals surface area contributed by atoms with E-state index in [4.69, 9.17) is 14.2 Å². The van der Waals surface area contributed by atoms with Crippen LogP contribution >= 0.6 is 0 Å². The normalized spacial score (nSPS) is 9.83. The quantitative estimate of drug-likeness (QED) is 0.457. The van der Waals surface area contributed by atoms with Crippen LogP contribution in [0.4, 0.5) is 4.79 Å². The van der Waals surface area contributed by atoms with Crippen molar-refractivity contribution in [3.05, 3.63) is 60.7 Å². The lowest BCUT2D eigenvalue weighted by Crippen LogP contribution is -2.30. The second-order valence-electron chi connectivity index (χ2n) is 4.81. The summed E-state index contributed by atoms with van der Waals surface area (Å²) in [5, 5.41) is 2.34. The van der Waals surface area contributed by atoms with E-state index < -0.39 is 12.1 Å². The molecule has 0 spiro atoms. The van der Waals surface area contributed by atoms with Gasteiger partial charge in [0.15, 0.2) is 6.73 Å². The minimum atomic E-state index is -0.679.